The lowest BCUT2D eigenvalue weighted by Crippen LogP contribution is -2.27. The molecule has 0 fully saturated rings. The second-order valence-corrected chi connectivity index (χ2v) is 7.73. The predicted molar refractivity (Wildman–Crippen MR) is 89.5 cm³/mol. The summed E-state index contributed by atoms with van der Waals surface area (Å²) in [6, 6.07) is 7.83. The predicted octanol–water partition coefficient (Wildman–Crippen LogP) is 2.50. The van der Waals surface area contributed by atoms with Crippen LogP contribution in [0.3, 0.4) is 0 Å². The molecule has 0 saturated carbocycles. The normalized spacial score (nSPS) is 11.3. The van der Waals surface area contributed by atoms with E-state index in [2.05, 4.69) is 10.6 Å². The first-order chi connectivity index (χ1) is 11.8. The third-order valence-electron chi connectivity index (χ3n) is 3.08. The summed E-state index contributed by atoms with van der Waals surface area (Å²) in [7, 11) is -4.66. The fourth-order valence-electron chi connectivity index (χ4n) is 1.84. The van der Waals surface area contributed by atoms with Crippen LogP contribution in [0.15, 0.2) is 46.7 Å². The molecule has 0 aliphatic carbocycles. The number of benzene rings is 1. The Bertz CT molecular complexity index is 835. The minimum atomic E-state index is -4.66. The monoisotopic (exact) mass is 388 g/mol. The second kappa shape index (κ2) is 8.17. The molecule has 0 atom stereocenters. The topological polar surface area (TPSA) is 92.3 Å². The summed E-state index contributed by atoms with van der Waals surface area (Å²) in [6.07, 6.45) is 0.00813. The average Bonchev–Trinajstić information content (AvgIpc) is 3.09. The van der Waals surface area contributed by atoms with Gasteiger partial charge in [0.1, 0.15) is 0 Å². The van der Waals surface area contributed by atoms with Gasteiger partial charge in [0.15, 0.2) is 0 Å². The fraction of sp³-hybridized carbons (Fsp3) is 0.200. The van der Waals surface area contributed by atoms with Crippen LogP contribution in [0.5, 0.6) is 0 Å². The van der Waals surface area contributed by atoms with E-state index in [1.165, 1.54) is 23.5 Å². The maximum absolute atomic E-state index is 12.4. The van der Waals surface area contributed by atoms with Crippen molar-refractivity contribution < 1.29 is 26.8 Å². The lowest BCUT2D eigenvalue weighted by atomic mass is 10.3. The zero-order valence-electron chi connectivity index (χ0n) is 12.7. The number of carbonyl (C=O) groups is 2. The van der Waals surface area contributed by atoms with Crippen LogP contribution in [-0.2, 0) is 14.6 Å². The molecule has 134 valence electrons. The van der Waals surface area contributed by atoms with Crippen LogP contribution in [0.1, 0.15) is 16.1 Å². The number of halogens is 2. The summed E-state index contributed by atoms with van der Waals surface area (Å²) in [4.78, 5) is 23.5. The molecule has 25 heavy (non-hydrogen) atoms. The highest BCUT2D eigenvalue weighted by molar-refractivity contribution is 7.91. The van der Waals surface area contributed by atoms with Gasteiger partial charge in [-0.3, -0.25) is 9.59 Å². The molecule has 1 aromatic carbocycles. The van der Waals surface area contributed by atoms with E-state index in [1.54, 1.807) is 17.5 Å². The summed E-state index contributed by atoms with van der Waals surface area (Å²) in [5, 5.41) is 6.84. The van der Waals surface area contributed by atoms with Crippen LogP contribution in [0.25, 0.3) is 0 Å². The molecule has 0 aliphatic heterocycles. The van der Waals surface area contributed by atoms with E-state index in [0.29, 0.717) is 4.88 Å². The smallest absolute Gasteiger partial charge is 0.341 e. The SMILES string of the molecule is O=C(CCNC(=O)c1cccs1)Nc1ccc(S(=O)(=O)C(F)F)cc1. The Morgan fingerprint density at radius 3 is 2.36 bits per heavy atom. The number of alkyl halides is 2. The maximum Gasteiger partial charge on any atom is 0.341 e. The number of sulfone groups is 1. The molecule has 10 heteroatoms. The fourth-order valence-corrected chi connectivity index (χ4v) is 3.20. The zero-order valence-corrected chi connectivity index (χ0v) is 14.4. The molecule has 2 aromatic rings. The molecule has 0 saturated heterocycles. The number of anilines is 1. The van der Waals surface area contributed by atoms with Gasteiger partial charge in [0.2, 0.25) is 15.7 Å². The lowest BCUT2D eigenvalue weighted by Gasteiger charge is -2.07. The van der Waals surface area contributed by atoms with Crippen molar-refractivity contribution >= 4 is 38.7 Å². The molecule has 0 unspecified atom stereocenters. The van der Waals surface area contributed by atoms with E-state index in [0.717, 1.165) is 12.1 Å². The molecule has 2 rings (SSSR count). The molecule has 2 amide bonds. The van der Waals surface area contributed by atoms with Crippen molar-refractivity contribution in [3.63, 3.8) is 0 Å². The molecule has 2 N–H and O–H groups in total. The third kappa shape index (κ3) is 5.07. The van der Waals surface area contributed by atoms with Gasteiger partial charge in [0.05, 0.1) is 9.77 Å². The number of rotatable bonds is 7. The van der Waals surface area contributed by atoms with E-state index in [1.807, 2.05) is 0 Å². The second-order valence-electron chi connectivity index (χ2n) is 4.86. The highest BCUT2D eigenvalue weighted by atomic mass is 32.2. The first kappa shape index (κ1) is 19.0. The number of hydrogen-bond donors (Lipinski definition) is 2. The largest absolute Gasteiger partial charge is 0.351 e. The van der Waals surface area contributed by atoms with Crippen LogP contribution in [-0.4, -0.2) is 32.5 Å². The molecular weight excluding hydrogens is 374 g/mol. The summed E-state index contributed by atoms with van der Waals surface area (Å²) in [5.41, 5.74) is 0.266. The highest BCUT2D eigenvalue weighted by Crippen LogP contribution is 2.20. The van der Waals surface area contributed by atoms with Gasteiger partial charge >= 0.3 is 5.76 Å². The molecule has 1 heterocycles. The van der Waals surface area contributed by atoms with Crippen LogP contribution in [0.2, 0.25) is 0 Å². The number of hydrogen-bond acceptors (Lipinski definition) is 5. The Morgan fingerprint density at radius 1 is 1.12 bits per heavy atom. The van der Waals surface area contributed by atoms with Crippen molar-refractivity contribution in [1.82, 2.24) is 5.32 Å². The average molecular weight is 388 g/mol. The standard InChI is InChI=1S/C15H14F2N2O4S2/c16-15(17)25(22,23)11-5-3-10(4-6-11)19-13(20)7-8-18-14(21)12-2-1-9-24-12/h1-6,9,15H,7-8H2,(H,18,21)(H,19,20). The van der Waals surface area contributed by atoms with Crippen molar-refractivity contribution in [1.29, 1.82) is 0 Å². The number of amides is 2. The van der Waals surface area contributed by atoms with Gasteiger partial charge in [0, 0.05) is 18.7 Å². The molecule has 1 aromatic heterocycles. The zero-order chi connectivity index (χ0) is 18.4. The maximum atomic E-state index is 12.4. The summed E-state index contributed by atoms with van der Waals surface area (Å²) < 4.78 is 47.4. The Kier molecular flexibility index (Phi) is 6.21. The molecule has 6 nitrogen and oxygen atoms in total. The van der Waals surface area contributed by atoms with E-state index in [-0.39, 0.29) is 24.6 Å². The first-order valence-electron chi connectivity index (χ1n) is 7.04. The van der Waals surface area contributed by atoms with Gasteiger partial charge in [-0.05, 0) is 35.7 Å². The Hall–Kier alpha value is -2.33. The van der Waals surface area contributed by atoms with Gasteiger partial charge in [-0.15, -0.1) is 11.3 Å². The van der Waals surface area contributed by atoms with Crippen molar-refractivity contribution in [2.24, 2.45) is 0 Å². The van der Waals surface area contributed by atoms with E-state index in [9.17, 15) is 26.8 Å². The highest BCUT2D eigenvalue weighted by Gasteiger charge is 2.26. The van der Waals surface area contributed by atoms with Gasteiger partial charge in [0.25, 0.3) is 5.91 Å². The van der Waals surface area contributed by atoms with E-state index in [4.69, 9.17) is 0 Å². The molecule has 0 spiro atoms. The summed E-state index contributed by atoms with van der Waals surface area (Å²) in [5.74, 6) is -4.18. The first-order valence-corrected chi connectivity index (χ1v) is 9.47. The van der Waals surface area contributed by atoms with Gasteiger partial charge in [-0.1, -0.05) is 6.07 Å². The number of carbonyl (C=O) groups excluding carboxylic acids is 2. The summed E-state index contributed by atoms with van der Waals surface area (Å²) >= 11 is 1.28. The van der Waals surface area contributed by atoms with Crippen molar-refractivity contribution in [3.8, 4) is 0 Å². The molecular formula is C15H14F2N2O4S2. The Balaban J connectivity index is 1.83. The Morgan fingerprint density at radius 2 is 1.80 bits per heavy atom. The van der Waals surface area contributed by atoms with Gasteiger partial charge in [-0.2, -0.15) is 8.78 Å². The summed E-state index contributed by atoms with van der Waals surface area (Å²) in [6.45, 7) is 0.125. The Labute approximate surface area is 146 Å². The lowest BCUT2D eigenvalue weighted by molar-refractivity contribution is -0.116. The molecule has 0 bridgehead atoms. The van der Waals surface area contributed by atoms with E-state index >= 15 is 0 Å². The third-order valence-corrected chi connectivity index (χ3v) is 5.35. The van der Waals surface area contributed by atoms with Crippen LogP contribution < -0.4 is 10.6 Å². The minimum absolute atomic E-state index is 0.00813. The van der Waals surface area contributed by atoms with Gasteiger partial charge in [-0.25, -0.2) is 8.42 Å². The van der Waals surface area contributed by atoms with Crippen LogP contribution in [0, 0.1) is 0 Å². The van der Waals surface area contributed by atoms with E-state index < -0.39 is 26.4 Å². The van der Waals surface area contributed by atoms with Crippen molar-refractivity contribution in [2.45, 2.75) is 17.1 Å². The van der Waals surface area contributed by atoms with Crippen molar-refractivity contribution in [2.75, 3.05) is 11.9 Å². The number of nitrogens with one attached hydrogen (secondary N) is 2. The quantitative estimate of drug-likeness (QED) is 0.762. The van der Waals surface area contributed by atoms with Gasteiger partial charge < -0.3 is 10.6 Å². The van der Waals surface area contributed by atoms with Crippen LogP contribution >= 0.6 is 11.3 Å². The molecule has 0 aliphatic rings. The van der Waals surface area contributed by atoms with Crippen molar-refractivity contribution in [3.05, 3.63) is 46.7 Å². The minimum Gasteiger partial charge on any atom is -0.351 e. The number of thiophene rings is 1. The van der Waals surface area contributed by atoms with Crippen LogP contribution in [0.4, 0.5) is 14.5 Å². The molecule has 0 radical (unpaired) electrons.